The second-order valence-corrected chi connectivity index (χ2v) is 4.49. The molecule has 2 rings (SSSR count). The molecule has 1 aromatic heterocycles. The number of hydrogen-bond acceptors (Lipinski definition) is 3. The summed E-state index contributed by atoms with van der Waals surface area (Å²) >= 11 is 3.40. The Morgan fingerprint density at radius 1 is 1.07 bits per heavy atom. The first-order valence-corrected chi connectivity index (χ1v) is 6.64. The van der Waals surface area contributed by atoms with Crippen LogP contribution in [0.2, 0.25) is 0 Å². The highest BCUT2D eigenvalue weighted by atomic mass is 79.9. The van der Waals surface area contributed by atoms with Crippen LogP contribution in [-0.2, 0) is 5.33 Å². The fraction of sp³-hybridized carbons (Fsp3) is 0.636. The van der Waals surface area contributed by atoms with Crippen molar-refractivity contribution in [3.63, 3.8) is 0 Å². The van der Waals surface area contributed by atoms with Crippen LogP contribution >= 0.6 is 15.9 Å². The summed E-state index contributed by atoms with van der Waals surface area (Å²) in [5, 5.41) is 0.827. The number of anilines is 1. The Morgan fingerprint density at radius 3 is 2.20 bits per heavy atom. The van der Waals surface area contributed by atoms with E-state index in [0.717, 1.165) is 29.9 Å². The summed E-state index contributed by atoms with van der Waals surface area (Å²) in [4.78, 5) is 11.1. The smallest absolute Gasteiger partial charge is 0.225 e. The summed E-state index contributed by atoms with van der Waals surface area (Å²) in [7, 11) is 0. The molecule has 0 N–H and O–H groups in total. The molecule has 82 valence electrons. The maximum Gasteiger partial charge on any atom is 0.225 e. The Hall–Kier alpha value is -0.640. The monoisotopic (exact) mass is 269 g/mol. The van der Waals surface area contributed by atoms with Gasteiger partial charge in [0.2, 0.25) is 5.95 Å². The maximum absolute atomic E-state index is 4.40. The Kier molecular flexibility index (Phi) is 3.94. The predicted molar refractivity (Wildman–Crippen MR) is 65.3 cm³/mol. The average molecular weight is 270 g/mol. The van der Waals surface area contributed by atoms with Crippen molar-refractivity contribution >= 4 is 21.9 Å². The minimum atomic E-state index is 0.827. The van der Waals surface area contributed by atoms with Gasteiger partial charge >= 0.3 is 0 Å². The largest absolute Gasteiger partial charge is 0.341 e. The van der Waals surface area contributed by atoms with Crippen LogP contribution in [0, 0.1) is 0 Å². The van der Waals surface area contributed by atoms with E-state index >= 15 is 0 Å². The van der Waals surface area contributed by atoms with Crippen LogP contribution in [0.5, 0.6) is 0 Å². The third kappa shape index (κ3) is 2.91. The second-order valence-electron chi connectivity index (χ2n) is 3.93. The van der Waals surface area contributed by atoms with Gasteiger partial charge in [-0.05, 0) is 18.4 Å². The highest BCUT2D eigenvalue weighted by molar-refractivity contribution is 9.08. The molecule has 0 aliphatic carbocycles. The molecule has 2 heterocycles. The van der Waals surface area contributed by atoms with E-state index < -0.39 is 0 Å². The van der Waals surface area contributed by atoms with Gasteiger partial charge in [0.05, 0.1) is 0 Å². The van der Waals surface area contributed by atoms with Crippen LogP contribution in [0.15, 0.2) is 12.4 Å². The van der Waals surface area contributed by atoms with E-state index in [1.54, 1.807) is 0 Å². The van der Waals surface area contributed by atoms with Crippen molar-refractivity contribution < 1.29 is 0 Å². The van der Waals surface area contributed by atoms with Crippen molar-refractivity contribution in [3.8, 4) is 0 Å². The molecule has 0 radical (unpaired) electrons. The molecule has 1 saturated heterocycles. The van der Waals surface area contributed by atoms with Gasteiger partial charge in [-0.3, -0.25) is 0 Å². The van der Waals surface area contributed by atoms with Crippen LogP contribution in [0.1, 0.15) is 31.2 Å². The van der Waals surface area contributed by atoms with Gasteiger partial charge in [0.25, 0.3) is 0 Å². The highest BCUT2D eigenvalue weighted by Crippen LogP contribution is 2.15. The Bertz CT molecular complexity index is 291. The summed E-state index contributed by atoms with van der Waals surface area (Å²) in [6, 6.07) is 0. The molecule has 1 aliphatic rings. The Labute approximate surface area is 99.0 Å². The summed E-state index contributed by atoms with van der Waals surface area (Å²) < 4.78 is 0. The van der Waals surface area contributed by atoms with E-state index in [4.69, 9.17) is 0 Å². The summed E-state index contributed by atoms with van der Waals surface area (Å²) in [6.45, 7) is 2.21. The first kappa shape index (κ1) is 10.9. The molecule has 0 spiro atoms. The third-order valence-corrected chi connectivity index (χ3v) is 3.38. The summed E-state index contributed by atoms with van der Waals surface area (Å²) in [5.41, 5.74) is 1.13. The topological polar surface area (TPSA) is 29.0 Å². The number of rotatable bonds is 2. The van der Waals surface area contributed by atoms with Gasteiger partial charge in [-0.1, -0.05) is 28.8 Å². The van der Waals surface area contributed by atoms with Crippen molar-refractivity contribution in [1.82, 2.24) is 9.97 Å². The molecule has 15 heavy (non-hydrogen) atoms. The fourth-order valence-electron chi connectivity index (χ4n) is 1.85. The van der Waals surface area contributed by atoms with E-state index in [9.17, 15) is 0 Å². The first-order chi connectivity index (χ1) is 7.40. The van der Waals surface area contributed by atoms with Gasteiger partial charge in [0.15, 0.2) is 0 Å². The molecule has 1 aliphatic heterocycles. The van der Waals surface area contributed by atoms with Gasteiger partial charge < -0.3 is 4.90 Å². The second kappa shape index (κ2) is 5.45. The Morgan fingerprint density at radius 2 is 1.67 bits per heavy atom. The lowest BCUT2D eigenvalue weighted by atomic mass is 10.2. The molecule has 3 nitrogen and oxygen atoms in total. The van der Waals surface area contributed by atoms with E-state index in [0.29, 0.717) is 0 Å². The molecule has 1 aromatic rings. The van der Waals surface area contributed by atoms with Crippen LogP contribution in [0.3, 0.4) is 0 Å². The average Bonchev–Trinajstić information content (AvgIpc) is 2.58. The van der Waals surface area contributed by atoms with Crippen LogP contribution in [0.4, 0.5) is 5.95 Å². The minimum Gasteiger partial charge on any atom is -0.341 e. The highest BCUT2D eigenvalue weighted by Gasteiger charge is 2.11. The predicted octanol–water partition coefficient (Wildman–Crippen LogP) is 2.75. The van der Waals surface area contributed by atoms with Crippen LogP contribution in [0.25, 0.3) is 0 Å². The molecule has 0 bridgehead atoms. The van der Waals surface area contributed by atoms with Crippen molar-refractivity contribution in [2.75, 3.05) is 18.0 Å². The Balaban J connectivity index is 2.06. The standard InChI is InChI=1S/C11H16BrN3/c12-7-10-8-13-11(14-9-10)15-5-3-1-2-4-6-15/h8-9H,1-7H2. The zero-order valence-electron chi connectivity index (χ0n) is 8.82. The zero-order chi connectivity index (χ0) is 10.5. The molecular weight excluding hydrogens is 254 g/mol. The van der Waals surface area contributed by atoms with Gasteiger partial charge in [0.1, 0.15) is 0 Å². The number of nitrogens with zero attached hydrogens (tertiary/aromatic N) is 3. The summed E-state index contributed by atoms with van der Waals surface area (Å²) in [5.74, 6) is 0.890. The normalized spacial score (nSPS) is 17.5. The van der Waals surface area contributed by atoms with E-state index in [1.165, 1.54) is 25.7 Å². The molecule has 4 heteroatoms. The lowest BCUT2D eigenvalue weighted by molar-refractivity contribution is 0.726. The number of aromatic nitrogens is 2. The fourth-order valence-corrected chi connectivity index (χ4v) is 2.14. The molecule has 1 fully saturated rings. The van der Waals surface area contributed by atoms with Gasteiger partial charge in [0, 0.05) is 30.8 Å². The third-order valence-electron chi connectivity index (χ3n) is 2.73. The van der Waals surface area contributed by atoms with E-state index in [1.807, 2.05) is 12.4 Å². The molecule has 0 amide bonds. The number of hydrogen-bond donors (Lipinski definition) is 0. The van der Waals surface area contributed by atoms with Crippen molar-refractivity contribution in [2.24, 2.45) is 0 Å². The molecule has 0 atom stereocenters. The maximum atomic E-state index is 4.40. The van der Waals surface area contributed by atoms with E-state index in [2.05, 4.69) is 30.8 Å². The SMILES string of the molecule is BrCc1cnc(N2CCCCCC2)nc1. The van der Waals surface area contributed by atoms with Gasteiger partial charge in [-0.15, -0.1) is 0 Å². The van der Waals surface area contributed by atoms with Crippen molar-refractivity contribution in [2.45, 2.75) is 31.0 Å². The molecule has 0 saturated carbocycles. The van der Waals surface area contributed by atoms with E-state index in [-0.39, 0.29) is 0 Å². The zero-order valence-corrected chi connectivity index (χ0v) is 10.4. The number of halogens is 1. The van der Waals surface area contributed by atoms with Crippen LogP contribution in [-0.4, -0.2) is 23.1 Å². The molecule has 0 aromatic carbocycles. The van der Waals surface area contributed by atoms with Crippen molar-refractivity contribution in [3.05, 3.63) is 18.0 Å². The molecule has 0 unspecified atom stereocenters. The first-order valence-electron chi connectivity index (χ1n) is 5.52. The van der Waals surface area contributed by atoms with Crippen molar-refractivity contribution in [1.29, 1.82) is 0 Å². The summed E-state index contributed by atoms with van der Waals surface area (Å²) in [6.07, 6.45) is 9.03. The van der Waals surface area contributed by atoms with Gasteiger partial charge in [-0.2, -0.15) is 0 Å². The number of alkyl halides is 1. The lowest BCUT2D eigenvalue weighted by Gasteiger charge is -2.19. The lowest BCUT2D eigenvalue weighted by Crippen LogP contribution is -2.25. The minimum absolute atomic E-state index is 0.827. The van der Waals surface area contributed by atoms with Gasteiger partial charge in [-0.25, -0.2) is 9.97 Å². The quantitative estimate of drug-likeness (QED) is 0.774. The molecular formula is C11H16BrN3. The van der Waals surface area contributed by atoms with Crippen LogP contribution < -0.4 is 4.90 Å².